The number of carboxylic acids is 4. The molecule has 4 aliphatic carbocycles. The van der Waals surface area contributed by atoms with Crippen molar-refractivity contribution in [1.82, 2.24) is 0 Å². The molecule has 0 aliphatic heterocycles. The van der Waals surface area contributed by atoms with Gasteiger partial charge in [-0.25, -0.2) is 0 Å². The van der Waals surface area contributed by atoms with Crippen LogP contribution < -0.4 is 148 Å². The minimum Gasteiger partial charge on any atom is -0.545 e. The number of hydrogen-bond donors (Lipinski definition) is 0. The van der Waals surface area contributed by atoms with Gasteiger partial charge in [-0.2, -0.15) is 0 Å². The molecule has 77 heavy (non-hydrogen) atoms. The van der Waals surface area contributed by atoms with Crippen molar-refractivity contribution in [3.63, 3.8) is 0 Å². The second-order valence-electron chi connectivity index (χ2n) is 22.7. The van der Waals surface area contributed by atoms with Crippen molar-refractivity contribution in [2.75, 3.05) is 0 Å². The molecule has 4 saturated carbocycles. The molecule has 4 aliphatic rings. The first-order valence-electron chi connectivity index (χ1n) is 26.4. The maximum absolute atomic E-state index is 12.8. The molecule has 0 radical (unpaired) electrons. The fourth-order valence-electron chi connectivity index (χ4n) is 14.6. The second kappa shape index (κ2) is 29.8. The zero-order valence-electron chi connectivity index (χ0n) is 46.8. The zero-order valence-corrected chi connectivity index (χ0v) is 56.3. The molecule has 0 unspecified atom stereocenters. The van der Waals surface area contributed by atoms with Crippen LogP contribution in [0.15, 0.2) is 78.9 Å². The molecule has 4 aromatic rings. The van der Waals surface area contributed by atoms with Gasteiger partial charge in [0, 0.05) is 22.3 Å². The number of halogens is 2. The molecule has 0 heterocycles. The number of carbonyl (C=O) groups is 4. The van der Waals surface area contributed by atoms with Crippen LogP contribution in [0, 0.1) is 58.2 Å². The number of hydrogen-bond acceptors (Lipinski definition) is 10. The summed E-state index contributed by atoms with van der Waals surface area (Å²) >= 11 is 13.7. The van der Waals surface area contributed by atoms with E-state index in [1.807, 2.05) is 6.08 Å². The van der Waals surface area contributed by atoms with E-state index in [0.29, 0.717) is 45.8 Å². The van der Waals surface area contributed by atoms with E-state index < -0.39 is 35.0 Å². The molecule has 390 valence electrons. The minimum absolute atomic E-state index is 0. The molecule has 0 saturated heterocycles. The Morgan fingerprint density at radius 2 is 1.12 bits per heavy atom. The number of fused-ring (bicyclic) bond motifs is 5. The Labute approximate surface area is 554 Å². The van der Waals surface area contributed by atoms with Gasteiger partial charge < -0.3 is 49.1 Å². The van der Waals surface area contributed by atoms with Crippen LogP contribution in [0.4, 0.5) is 0 Å². The van der Waals surface area contributed by atoms with Gasteiger partial charge in [-0.05, 0) is 181 Å². The topological polar surface area (TPSA) is 179 Å². The molecule has 0 N–H and O–H groups in total. The molecule has 4 aromatic carbocycles. The largest absolute Gasteiger partial charge is 1.00 e. The molecule has 0 aromatic heterocycles. The summed E-state index contributed by atoms with van der Waals surface area (Å²) in [6.45, 7) is 11.8. The predicted molar refractivity (Wildman–Crippen MR) is 275 cm³/mol. The second-order valence-corrected chi connectivity index (χ2v) is 23.5. The van der Waals surface area contributed by atoms with Gasteiger partial charge in [-0.1, -0.05) is 132 Å². The average molecular weight is 1120 g/mol. The SMILES string of the molecule is CC(C)CCC[C@@H](C)[C@H]1CC[C@H]2[C@@H]3CC[C@H]4C[C@@H](CCC=C(c5cc(Cl)c(OCc6ccccc6C(=O)[O-])c(C(=O)[O-])c5)c5cc(Cl)c(OCc6ccccc6C(=O)[O-])c(C(=O)[O-])c5)CC[C@]4(C)[C@H]3CC[C@]12C.[Na+].[Na+].[Na+].[Na+]. The third kappa shape index (κ3) is 15.3. The Morgan fingerprint density at radius 1 is 0.623 bits per heavy atom. The average Bonchev–Trinajstić information content (AvgIpc) is 3.72. The summed E-state index contributed by atoms with van der Waals surface area (Å²) in [4.78, 5) is 49.3. The van der Waals surface area contributed by atoms with Crippen LogP contribution in [-0.4, -0.2) is 23.9 Å². The molecule has 0 amide bonds. The van der Waals surface area contributed by atoms with E-state index >= 15 is 0 Å². The standard InChI is InChI=1S/C61H72Cl2O10.4Na/c1-35(2)12-10-13-36(3)49-22-23-50-46-21-20-42-28-37(24-26-60(42,4)51(46)25-27-61(49,50)5)14-11-19-43(40-29-47(58(68)69)54(52(62)31-40)72-33-38-15-6-8-17-44(38)56(64)65)41-30-48(59(70)71)55(53(63)32-41)73-34-39-16-7-9-18-45(39)57(66)67;;;;/h6-9,15-19,29-32,35-37,42,46,49-51H,10-14,20-28,33-34H2,1-5H3,(H,64,65)(H,66,67)(H,68,69)(H,70,71);;;;/q;4*+1/p-4/t36-,37+,42+,46+,49-,50+,51+,60+,61-;;;;/m1..../s1. The number of carbonyl (C=O) groups excluding carboxylic acids is 4. The van der Waals surface area contributed by atoms with E-state index in [-0.39, 0.29) is 175 Å². The predicted octanol–water partition coefficient (Wildman–Crippen LogP) is -1.43. The molecule has 9 atom stereocenters. The van der Waals surface area contributed by atoms with E-state index in [0.717, 1.165) is 54.8 Å². The van der Waals surface area contributed by atoms with Crippen molar-refractivity contribution < 1.29 is 167 Å². The summed E-state index contributed by atoms with van der Waals surface area (Å²) in [6, 6.07) is 17.7. The van der Waals surface area contributed by atoms with Crippen LogP contribution in [0.3, 0.4) is 0 Å². The van der Waals surface area contributed by atoms with Gasteiger partial charge in [0.05, 0.1) is 33.9 Å². The number of allylic oxidation sites excluding steroid dienone is 1. The number of ether oxygens (including phenoxy) is 2. The molecule has 16 heteroatoms. The van der Waals surface area contributed by atoms with Crippen LogP contribution >= 0.6 is 23.2 Å². The molecule has 8 rings (SSSR count). The summed E-state index contributed by atoms with van der Waals surface area (Å²) in [6.07, 6.45) is 18.8. The molecular weight excluding hydrogens is 1060 g/mol. The van der Waals surface area contributed by atoms with Gasteiger partial charge in [0.2, 0.25) is 0 Å². The fraction of sp³-hybridized carbons (Fsp3) is 0.508. The van der Waals surface area contributed by atoms with Crippen LogP contribution in [-0.2, 0) is 13.2 Å². The fourth-order valence-corrected chi connectivity index (χ4v) is 15.1. The maximum Gasteiger partial charge on any atom is 1.00 e. The normalized spacial score (nSPS) is 24.4. The van der Waals surface area contributed by atoms with Gasteiger partial charge in [0.1, 0.15) is 24.7 Å². The van der Waals surface area contributed by atoms with Crippen LogP contribution in [0.5, 0.6) is 11.5 Å². The third-order valence-corrected chi connectivity index (χ3v) is 18.8. The molecule has 0 bridgehead atoms. The van der Waals surface area contributed by atoms with Crippen molar-refractivity contribution in [1.29, 1.82) is 0 Å². The maximum atomic E-state index is 12.8. The summed E-state index contributed by atoms with van der Waals surface area (Å²) in [7, 11) is 0. The van der Waals surface area contributed by atoms with Crippen LogP contribution in [0.25, 0.3) is 5.57 Å². The molecule has 10 nitrogen and oxygen atoms in total. The first kappa shape index (κ1) is 68.2. The van der Waals surface area contributed by atoms with Crippen LogP contribution in [0.2, 0.25) is 10.0 Å². The van der Waals surface area contributed by atoms with E-state index in [1.165, 1.54) is 125 Å². The van der Waals surface area contributed by atoms with Gasteiger partial charge in [-0.15, -0.1) is 0 Å². The first-order chi connectivity index (χ1) is 34.8. The monoisotopic (exact) mass is 1120 g/mol. The van der Waals surface area contributed by atoms with Crippen molar-refractivity contribution in [3.05, 3.63) is 133 Å². The van der Waals surface area contributed by atoms with E-state index in [9.17, 15) is 39.6 Å². The van der Waals surface area contributed by atoms with Crippen molar-refractivity contribution in [3.8, 4) is 11.5 Å². The molecule has 4 fully saturated rings. The number of rotatable bonds is 20. The third-order valence-electron chi connectivity index (χ3n) is 18.3. The summed E-state index contributed by atoms with van der Waals surface area (Å²) in [5.41, 5.74) is 1.20. The molecular formula is C61H68Cl2Na4O10. The van der Waals surface area contributed by atoms with Crippen molar-refractivity contribution >= 4 is 52.7 Å². The molecule has 0 spiro atoms. The van der Waals surface area contributed by atoms with E-state index in [1.54, 1.807) is 12.1 Å². The van der Waals surface area contributed by atoms with Gasteiger partial charge >= 0.3 is 118 Å². The summed E-state index contributed by atoms with van der Waals surface area (Å²) in [5.74, 6) is -0.725. The number of benzene rings is 4. The summed E-state index contributed by atoms with van der Waals surface area (Å²) < 4.78 is 11.8. The number of aromatic carboxylic acids is 4. The Kier molecular flexibility index (Phi) is 26.4. The zero-order chi connectivity index (χ0) is 52.4. The minimum atomic E-state index is -1.61. The first-order valence-corrected chi connectivity index (χ1v) is 27.2. The van der Waals surface area contributed by atoms with Crippen molar-refractivity contribution in [2.24, 2.45) is 58.2 Å². The Balaban J connectivity index is 0.00000320. The van der Waals surface area contributed by atoms with Crippen molar-refractivity contribution in [2.45, 2.75) is 138 Å². The quantitative estimate of drug-likeness (QED) is 0.0955. The number of carboxylic acid groups (broad SMARTS) is 4. The van der Waals surface area contributed by atoms with Gasteiger partial charge in [0.25, 0.3) is 0 Å². The van der Waals surface area contributed by atoms with Crippen LogP contribution in [0.1, 0.15) is 188 Å². The summed E-state index contributed by atoms with van der Waals surface area (Å²) in [5, 5.41) is 49.1. The Hall–Kier alpha value is -1.32. The van der Waals surface area contributed by atoms with E-state index in [4.69, 9.17) is 32.7 Å². The Morgan fingerprint density at radius 3 is 1.62 bits per heavy atom. The Bertz CT molecular complexity index is 2640. The van der Waals surface area contributed by atoms with Gasteiger partial charge in [0.15, 0.2) is 0 Å². The van der Waals surface area contributed by atoms with E-state index in [2.05, 4.69) is 34.6 Å². The smallest absolute Gasteiger partial charge is 0.545 e. The van der Waals surface area contributed by atoms with Gasteiger partial charge in [-0.3, -0.25) is 0 Å².